The fourth-order valence-electron chi connectivity index (χ4n) is 4.74. The number of ether oxygens (including phenoxy) is 1. The van der Waals surface area contributed by atoms with Crippen molar-refractivity contribution in [3.63, 3.8) is 0 Å². The second-order valence-electron chi connectivity index (χ2n) is 9.94. The van der Waals surface area contributed by atoms with Crippen molar-refractivity contribution in [2.24, 2.45) is 4.99 Å². The molecule has 9 nitrogen and oxygen atoms in total. The van der Waals surface area contributed by atoms with E-state index >= 15 is 0 Å². The quantitative estimate of drug-likeness (QED) is 0.151. The van der Waals surface area contributed by atoms with Gasteiger partial charge < -0.3 is 4.74 Å². The van der Waals surface area contributed by atoms with Crippen LogP contribution in [-0.2, 0) is 26.3 Å². The van der Waals surface area contributed by atoms with E-state index in [9.17, 15) is 13.2 Å². The van der Waals surface area contributed by atoms with Crippen molar-refractivity contribution in [2.75, 3.05) is 0 Å². The highest BCUT2D eigenvalue weighted by molar-refractivity contribution is 9.10. The van der Waals surface area contributed by atoms with E-state index in [4.69, 9.17) is 19.3 Å². The summed E-state index contributed by atoms with van der Waals surface area (Å²) in [6.07, 6.45) is 4.33. The number of aromatic nitrogens is 3. The second-order valence-corrected chi connectivity index (χ2v) is 12.3. The Kier molecular flexibility index (Phi) is 9.78. The zero-order chi connectivity index (χ0) is 31.1. The molecule has 3 aromatic carbocycles. The molecule has 224 valence electrons. The lowest BCUT2D eigenvalue weighted by Crippen LogP contribution is -2.10. The maximum atomic E-state index is 12.6. The number of hydrogen-bond donors (Lipinski definition) is 1. The molecule has 1 aliphatic heterocycles. The Balaban J connectivity index is 0.000000328. The van der Waals surface area contributed by atoms with Crippen LogP contribution in [0.1, 0.15) is 47.2 Å². The third-order valence-electron chi connectivity index (χ3n) is 6.82. The largest absolute Gasteiger partial charge is 0.461 e. The highest BCUT2D eigenvalue weighted by Gasteiger charge is 2.28. The van der Waals surface area contributed by atoms with Gasteiger partial charge in [-0.2, -0.15) is 8.42 Å². The summed E-state index contributed by atoms with van der Waals surface area (Å²) in [7, 11) is -4.00. The minimum absolute atomic E-state index is 0.0741. The van der Waals surface area contributed by atoms with Gasteiger partial charge in [-0.15, -0.1) is 0 Å². The first-order valence-corrected chi connectivity index (χ1v) is 16.0. The number of benzene rings is 3. The van der Waals surface area contributed by atoms with Crippen molar-refractivity contribution in [3.05, 3.63) is 142 Å². The molecule has 6 rings (SSSR count). The van der Waals surface area contributed by atoms with Crippen LogP contribution in [0.4, 0.5) is 0 Å². The molecule has 1 aliphatic rings. The Morgan fingerprint density at radius 3 is 2.32 bits per heavy atom. The number of halogens is 1. The van der Waals surface area contributed by atoms with Crippen molar-refractivity contribution < 1.29 is 22.5 Å². The summed E-state index contributed by atoms with van der Waals surface area (Å²) in [6.45, 7) is 2.29. The van der Waals surface area contributed by atoms with Crippen molar-refractivity contribution in [3.8, 4) is 5.69 Å². The van der Waals surface area contributed by atoms with E-state index in [1.807, 2.05) is 67.7 Å². The molecule has 0 saturated heterocycles. The molecule has 2 aromatic heterocycles. The number of esters is 1. The molecular weight excluding hydrogens is 644 g/mol. The van der Waals surface area contributed by atoms with Crippen LogP contribution < -0.4 is 0 Å². The fraction of sp³-hybridized carbons (Fsp3) is 0.152. The number of hydrogen-bond acceptors (Lipinski definition) is 7. The summed E-state index contributed by atoms with van der Waals surface area (Å²) in [5, 5.41) is 0. The maximum Gasteiger partial charge on any atom is 0.306 e. The molecule has 1 N–H and O–H groups in total. The van der Waals surface area contributed by atoms with E-state index in [2.05, 4.69) is 37.6 Å². The number of aryl methyl sites for hydroxylation is 1. The standard InChI is InChI=1S/C27H23BrN4O2.C6H6O3S/c1-18-16-30-27-23(11-13-25(33)34-17-19-7-3-2-4-8-19)31-26(22-9-5-6-14-29-22)21-15-20(28)10-12-24(21)32(18)27;7-10(8,9)6-4-2-1-3-5-6/h2-10,12,14-16,23H,11,13,17H2,1H3;1-5H,(H,7,8,9)/t23-;/m0./s1. The summed E-state index contributed by atoms with van der Waals surface area (Å²) >= 11 is 3.61. The van der Waals surface area contributed by atoms with Crippen LogP contribution in [-0.4, -0.2) is 39.2 Å². The zero-order valence-electron chi connectivity index (χ0n) is 23.7. The smallest absolute Gasteiger partial charge is 0.306 e. The topological polar surface area (TPSA) is 124 Å². The lowest BCUT2D eigenvalue weighted by molar-refractivity contribution is -0.145. The molecule has 0 fully saturated rings. The number of carbonyl (C=O) groups is 1. The Labute approximate surface area is 264 Å². The van der Waals surface area contributed by atoms with Crippen molar-refractivity contribution >= 4 is 37.7 Å². The summed E-state index contributed by atoms with van der Waals surface area (Å²) in [5.41, 5.74) is 5.49. The molecule has 3 heterocycles. The number of imidazole rings is 1. The van der Waals surface area contributed by atoms with Gasteiger partial charge in [0, 0.05) is 34.5 Å². The second kappa shape index (κ2) is 13.9. The van der Waals surface area contributed by atoms with Crippen LogP contribution >= 0.6 is 15.9 Å². The van der Waals surface area contributed by atoms with E-state index in [1.54, 1.807) is 24.4 Å². The lowest BCUT2D eigenvalue weighted by Gasteiger charge is -2.14. The van der Waals surface area contributed by atoms with E-state index in [1.165, 1.54) is 12.1 Å². The predicted molar refractivity (Wildman–Crippen MR) is 170 cm³/mol. The van der Waals surface area contributed by atoms with Crippen LogP contribution in [0.2, 0.25) is 0 Å². The number of fused-ring (bicyclic) bond motifs is 3. The highest BCUT2D eigenvalue weighted by Crippen LogP contribution is 2.34. The molecule has 0 unspecified atom stereocenters. The molecular formula is C33H29BrN4O5S. The van der Waals surface area contributed by atoms with Gasteiger partial charge in [0.1, 0.15) is 18.5 Å². The number of pyridine rings is 1. The summed E-state index contributed by atoms with van der Waals surface area (Å²) < 4.78 is 37.8. The average Bonchev–Trinajstić information content (AvgIpc) is 3.35. The van der Waals surface area contributed by atoms with Gasteiger partial charge in [0.2, 0.25) is 0 Å². The fourth-order valence-corrected chi connectivity index (χ4v) is 5.60. The van der Waals surface area contributed by atoms with Crippen molar-refractivity contribution in [1.82, 2.24) is 14.5 Å². The Bertz CT molecular complexity index is 1880. The summed E-state index contributed by atoms with van der Waals surface area (Å²) in [4.78, 5) is 26.9. The van der Waals surface area contributed by atoms with Gasteiger partial charge in [0.05, 0.1) is 22.0 Å². The molecule has 1 atom stereocenters. The summed E-state index contributed by atoms with van der Waals surface area (Å²) in [6, 6.07) is 28.7. The molecule has 11 heteroatoms. The molecule has 0 spiro atoms. The first-order valence-electron chi connectivity index (χ1n) is 13.8. The number of rotatable bonds is 7. The van der Waals surface area contributed by atoms with Gasteiger partial charge in [-0.3, -0.25) is 23.9 Å². The number of carbonyl (C=O) groups excluding carboxylic acids is 1. The van der Waals surface area contributed by atoms with Crippen LogP contribution in [0.5, 0.6) is 0 Å². The maximum absolute atomic E-state index is 12.6. The summed E-state index contributed by atoms with van der Waals surface area (Å²) in [5.74, 6) is 0.556. The molecule has 0 bridgehead atoms. The molecule has 0 amide bonds. The predicted octanol–water partition coefficient (Wildman–Crippen LogP) is 6.69. The number of nitrogens with zero attached hydrogens (tertiary/aromatic N) is 4. The van der Waals surface area contributed by atoms with E-state index < -0.39 is 10.1 Å². The van der Waals surface area contributed by atoms with Crippen LogP contribution in [0, 0.1) is 6.92 Å². The molecule has 5 aromatic rings. The number of aliphatic imine (C=N–C) groups is 1. The average molecular weight is 674 g/mol. The van der Waals surface area contributed by atoms with Crippen LogP contribution in [0.3, 0.4) is 0 Å². The van der Waals surface area contributed by atoms with E-state index in [0.29, 0.717) is 6.42 Å². The van der Waals surface area contributed by atoms with Gasteiger partial charge in [-0.25, -0.2) is 4.98 Å². The molecule has 44 heavy (non-hydrogen) atoms. The van der Waals surface area contributed by atoms with E-state index in [0.717, 1.165) is 44.2 Å². The molecule has 0 radical (unpaired) electrons. The third kappa shape index (κ3) is 7.54. The van der Waals surface area contributed by atoms with Crippen molar-refractivity contribution in [1.29, 1.82) is 0 Å². The third-order valence-corrected chi connectivity index (χ3v) is 8.18. The Hall–Kier alpha value is -4.45. The Morgan fingerprint density at radius 2 is 1.66 bits per heavy atom. The van der Waals surface area contributed by atoms with Gasteiger partial charge >= 0.3 is 5.97 Å². The van der Waals surface area contributed by atoms with Crippen LogP contribution in [0.15, 0.2) is 124 Å². The van der Waals surface area contributed by atoms with Crippen LogP contribution in [0.25, 0.3) is 5.69 Å². The van der Waals surface area contributed by atoms with Gasteiger partial charge in [-0.1, -0.05) is 70.5 Å². The monoisotopic (exact) mass is 672 g/mol. The first kappa shape index (κ1) is 31.0. The first-order chi connectivity index (χ1) is 21.2. The highest BCUT2D eigenvalue weighted by atomic mass is 79.9. The lowest BCUT2D eigenvalue weighted by atomic mass is 10.0. The van der Waals surface area contributed by atoms with Gasteiger partial charge in [0.25, 0.3) is 10.1 Å². The SMILES string of the molecule is Cc1cnc2n1-c1ccc(Br)cc1C(c1ccccn1)=N[C@H]2CCC(=O)OCc1ccccc1.O=S(=O)(O)c1ccccc1. The Morgan fingerprint density at radius 1 is 0.955 bits per heavy atom. The molecule has 0 saturated carbocycles. The minimum atomic E-state index is -4.00. The molecule has 0 aliphatic carbocycles. The zero-order valence-corrected chi connectivity index (χ0v) is 26.1. The van der Waals surface area contributed by atoms with Gasteiger partial charge in [0.15, 0.2) is 0 Å². The normalized spacial score (nSPS) is 13.8. The van der Waals surface area contributed by atoms with Crippen molar-refractivity contribution in [2.45, 2.75) is 37.3 Å². The minimum Gasteiger partial charge on any atom is -0.461 e. The van der Waals surface area contributed by atoms with Gasteiger partial charge in [-0.05, 0) is 61.4 Å². The van der Waals surface area contributed by atoms with E-state index in [-0.39, 0.29) is 29.9 Å².